The van der Waals surface area contributed by atoms with Gasteiger partial charge in [-0.15, -0.1) is 0 Å². The van der Waals surface area contributed by atoms with Crippen LogP contribution in [0.1, 0.15) is 35.0 Å². The maximum Gasteiger partial charge on any atom is 0.433 e. The average molecular weight is 598 g/mol. The number of benzene rings is 1. The number of nitrogens with zero attached hydrogens (tertiary/aromatic N) is 6. The second-order valence-electron chi connectivity index (χ2n) is 11.2. The van der Waals surface area contributed by atoms with E-state index in [0.29, 0.717) is 61.9 Å². The molecule has 0 unspecified atom stereocenters. The molecule has 2 saturated heterocycles. The van der Waals surface area contributed by atoms with E-state index in [9.17, 15) is 27.9 Å². The van der Waals surface area contributed by atoms with E-state index in [2.05, 4.69) is 25.7 Å². The molecular weight excluding hydrogens is 567 g/mol. The Morgan fingerprint density at radius 1 is 1.12 bits per heavy atom. The van der Waals surface area contributed by atoms with Gasteiger partial charge in [0.05, 0.1) is 35.3 Å². The molecule has 2 aliphatic heterocycles. The number of H-pyrrole nitrogens is 1. The van der Waals surface area contributed by atoms with Gasteiger partial charge < -0.3 is 25.5 Å². The van der Waals surface area contributed by atoms with Crippen LogP contribution in [-0.2, 0) is 11.0 Å². The van der Waals surface area contributed by atoms with Crippen LogP contribution in [0.25, 0.3) is 16.9 Å². The number of amides is 2. The first kappa shape index (κ1) is 28.6. The smallest absolute Gasteiger partial charge is 0.389 e. The van der Waals surface area contributed by atoms with Gasteiger partial charge in [-0.1, -0.05) is 0 Å². The number of fused-ring (bicyclic) bond motifs is 1. The van der Waals surface area contributed by atoms with Gasteiger partial charge >= 0.3 is 6.18 Å². The number of rotatable bonds is 5. The van der Waals surface area contributed by atoms with Gasteiger partial charge in [0, 0.05) is 62.8 Å². The number of aromatic nitrogens is 5. The minimum absolute atomic E-state index is 0.0599. The SMILES string of the molecule is Cc1cc(Nc2nccn3c(-c4cn[nH]c4C(F)(F)F)cnc23)ccc1C(=O)N1CCN(C(=O)[C@@H]2C[C@](C)(O)CN2)CC1. The number of imidazole rings is 1. The lowest BCUT2D eigenvalue weighted by atomic mass is 10.0. The van der Waals surface area contributed by atoms with Crippen molar-refractivity contribution in [3.8, 4) is 11.3 Å². The van der Waals surface area contributed by atoms with Gasteiger partial charge in [-0.2, -0.15) is 18.3 Å². The zero-order chi connectivity index (χ0) is 30.5. The number of hydrogen-bond donors (Lipinski definition) is 4. The van der Waals surface area contributed by atoms with Crippen molar-refractivity contribution in [2.45, 2.75) is 38.1 Å². The number of aliphatic hydroxyl groups is 1. The van der Waals surface area contributed by atoms with E-state index >= 15 is 0 Å². The number of aromatic amines is 1. The molecule has 2 fully saturated rings. The number of piperazine rings is 1. The molecule has 3 aromatic heterocycles. The Morgan fingerprint density at radius 3 is 2.53 bits per heavy atom. The molecule has 1 aromatic carbocycles. The molecule has 15 heteroatoms. The molecule has 5 heterocycles. The van der Waals surface area contributed by atoms with Gasteiger partial charge in [-0.3, -0.25) is 19.1 Å². The number of nitrogens with one attached hydrogen (secondary N) is 3. The molecule has 12 nitrogen and oxygen atoms in total. The molecule has 0 spiro atoms. The van der Waals surface area contributed by atoms with Crippen molar-refractivity contribution < 1.29 is 27.9 Å². The number of β-amino-alcohol motifs (C(OH)–C–C–N with tert-alkyl or cyclic N) is 1. The van der Waals surface area contributed by atoms with Crippen LogP contribution in [0.4, 0.5) is 24.7 Å². The quantitative estimate of drug-likeness (QED) is 0.275. The Labute approximate surface area is 243 Å². The molecule has 0 aliphatic carbocycles. The van der Waals surface area contributed by atoms with Crippen LogP contribution in [-0.4, -0.2) is 95.7 Å². The number of anilines is 2. The zero-order valence-corrected chi connectivity index (χ0v) is 23.4. The second kappa shape index (κ2) is 10.6. The number of hydrogen-bond acceptors (Lipinski definition) is 8. The van der Waals surface area contributed by atoms with Gasteiger partial charge in [0.1, 0.15) is 5.69 Å². The molecule has 2 aliphatic rings. The molecule has 4 aromatic rings. The van der Waals surface area contributed by atoms with Gasteiger partial charge in [0.15, 0.2) is 11.5 Å². The summed E-state index contributed by atoms with van der Waals surface area (Å²) >= 11 is 0. The van der Waals surface area contributed by atoms with Crippen molar-refractivity contribution in [1.29, 1.82) is 0 Å². The van der Waals surface area contributed by atoms with E-state index in [-0.39, 0.29) is 23.1 Å². The maximum absolute atomic E-state index is 13.4. The topological polar surface area (TPSA) is 144 Å². The monoisotopic (exact) mass is 597 g/mol. The first-order valence-corrected chi connectivity index (χ1v) is 13.8. The van der Waals surface area contributed by atoms with E-state index in [4.69, 9.17) is 0 Å². The van der Waals surface area contributed by atoms with E-state index in [1.807, 2.05) is 12.0 Å². The van der Waals surface area contributed by atoms with Crippen LogP contribution in [0.2, 0.25) is 0 Å². The van der Waals surface area contributed by atoms with Crippen molar-refractivity contribution in [1.82, 2.24) is 39.7 Å². The molecule has 0 radical (unpaired) electrons. The molecule has 43 heavy (non-hydrogen) atoms. The average Bonchev–Trinajstić information content (AvgIpc) is 3.70. The van der Waals surface area contributed by atoms with Crippen molar-refractivity contribution >= 4 is 29.0 Å². The van der Waals surface area contributed by atoms with Crippen LogP contribution in [0.3, 0.4) is 0 Å². The van der Waals surface area contributed by atoms with Gasteiger partial charge in [-0.05, 0) is 37.6 Å². The van der Waals surface area contributed by atoms with Crippen molar-refractivity contribution in [3.63, 3.8) is 0 Å². The summed E-state index contributed by atoms with van der Waals surface area (Å²) in [6, 6.07) is 4.80. The van der Waals surface area contributed by atoms with Crippen molar-refractivity contribution in [3.05, 3.63) is 59.8 Å². The molecule has 2 atom stereocenters. The summed E-state index contributed by atoms with van der Waals surface area (Å²) in [5.74, 6) is 0.121. The fourth-order valence-electron chi connectivity index (χ4n) is 5.64. The predicted octanol–water partition coefficient (Wildman–Crippen LogP) is 2.59. The highest BCUT2D eigenvalue weighted by Crippen LogP contribution is 2.36. The van der Waals surface area contributed by atoms with Gasteiger partial charge in [0.25, 0.3) is 5.91 Å². The molecule has 226 valence electrons. The minimum atomic E-state index is -4.61. The van der Waals surface area contributed by atoms with E-state index < -0.39 is 23.5 Å². The molecule has 0 saturated carbocycles. The van der Waals surface area contributed by atoms with Crippen molar-refractivity contribution in [2.24, 2.45) is 0 Å². The normalized spacial score (nSPS) is 21.0. The minimum Gasteiger partial charge on any atom is -0.389 e. The number of aryl methyl sites for hydroxylation is 1. The fourth-order valence-corrected chi connectivity index (χ4v) is 5.64. The Hall–Kier alpha value is -4.50. The van der Waals surface area contributed by atoms with Gasteiger partial charge in [-0.25, -0.2) is 9.97 Å². The van der Waals surface area contributed by atoms with Gasteiger partial charge in [0.2, 0.25) is 5.91 Å². The molecule has 6 rings (SSSR count). The zero-order valence-electron chi connectivity index (χ0n) is 23.4. The summed E-state index contributed by atoms with van der Waals surface area (Å²) in [5.41, 5.74) is 0.368. The lowest BCUT2D eigenvalue weighted by Gasteiger charge is -2.36. The molecule has 4 N–H and O–H groups in total. The lowest BCUT2D eigenvalue weighted by Crippen LogP contribution is -2.54. The molecule has 2 amide bonds. The Balaban J connectivity index is 1.14. The van der Waals surface area contributed by atoms with Crippen LogP contribution in [0, 0.1) is 6.92 Å². The number of carbonyl (C=O) groups is 2. The first-order valence-electron chi connectivity index (χ1n) is 13.8. The van der Waals surface area contributed by atoms with Crippen LogP contribution in [0.15, 0.2) is 43.0 Å². The number of alkyl halides is 3. The largest absolute Gasteiger partial charge is 0.433 e. The highest BCUT2D eigenvalue weighted by Gasteiger charge is 2.39. The summed E-state index contributed by atoms with van der Waals surface area (Å²) in [7, 11) is 0. The van der Waals surface area contributed by atoms with E-state index in [0.717, 1.165) is 11.8 Å². The Bertz CT molecular complexity index is 1690. The van der Waals surface area contributed by atoms with E-state index in [1.165, 1.54) is 23.0 Å². The fraction of sp³-hybridized carbons (Fsp3) is 0.393. The summed E-state index contributed by atoms with van der Waals surface area (Å²) in [5, 5.41) is 22.0. The third-order valence-corrected chi connectivity index (χ3v) is 7.90. The summed E-state index contributed by atoms with van der Waals surface area (Å²) in [4.78, 5) is 38.3. The first-order chi connectivity index (χ1) is 20.4. The predicted molar refractivity (Wildman–Crippen MR) is 150 cm³/mol. The molecule has 0 bridgehead atoms. The van der Waals surface area contributed by atoms with Crippen molar-refractivity contribution in [2.75, 3.05) is 38.0 Å². The highest BCUT2D eigenvalue weighted by atomic mass is 19.4. The summed E-state index contributed by atoms with van der Waals surface area (Å²) in [6.07, 6.45) is 1.16. The maximum atomic E-state index is 13.4. The van der Waals surface area contributed by atoms with Crippen LogP contribution < -0.4 is 10.6 Å². The van der Waals surface area contributed by atoms with Crippen LogP contribution in [0.5, 0.6) is 0 Å². The number of halogens is 3. The third-order valence-electron chi connectivity index (χ3n) is 7.90. The third kappa shape index (κ3) is 5.52. The summed E-state index contributed by atoms with van der Waals surface area (Å²) in [6.45, 7) is 5.51. The highest BCUT2D eigenvalue weighted by molar-refractivity contribution is 5.96. The Kier molecular flexibility index (Phi) is 7.08. The van der Waals surface area contributed by atoms with E-state index in [1.54, 1.807) is 34.9 Å². The second-order valence-corrected chi connectivity index (χ2v) is 11.2. The molecular formula is C28H30F3N9O3. The van der Waals surface area contributed by atoms with Crippen LogP contribution >= 0.6 is 0 Å². The standard InChI is InChI=1S/C28H30F3N9O3/c1-16-11-17(36-23-24-33-14-21(40(24)6-5-32-23)19-13-35-37-22(19)28(29,30)31)3-4-18(16)25(41)38-7-9-39(10-8-38)26(42)20-12-27(2,43)15-34-20/h3-6,11,13-14,20,34,43H,7-10,12,15H2,1-2H3,(H,32,36)(H,35,37)/t20-,27-/m0/s1. The summed E-state index contributed by atoms with van der Waals surface area (Å²) < 4.78 is 41.8. The number of carbonyl (C=O) groups excluding carboxylic acids is 2. The lowest BCUT2D eigenvalue weighted by molar-refractivity contribution is -0.140. The Morgan fingerprint density at radius 2 is 1.86 bits per heavy atom.